The molecule has 0 bridgehead atoms. The van der Waals surface area contributed by atoms with Crippen LogP contribution in [0.1, 0.15) is 48.9 Å². The summed E-state index contributed by atoms with van der Waals surface area (Å²) >= 11 is 0. The first-order valence-electron chi connectivity index (χ1n) is 6.98. The average molecular weight is 249 g/mol. The van der Waals surface area contributed by atoms with Gasteiger partial charge in [-0.1, -0.05) is 31.9 Å². The molecule has 0 aromatic heterocycles. The number of benzene rings is 1. The third kappa shape index (κ3) is 2.44. The minimum atomic E-state index is -0.0620. The van der Waals surface area contributed by atoms with Crippen LogP contribution < -0.4 is 5.32 Å². The molecule has 3 unspecified atom stereocenters. The van der Waals surface area contributed by atoms with Crippen LogP contribution in [0.2, 0.25) is 0 Å². The van der Waals surface area contributed by atoms with Crippen molar-refractivity contribution >= 4 is 0 Å². The molecule has 1 fully saturated rings. The van der Waals surface area contributed by atoms with E-state index in [0.717, 1.165) is 17.0 Å². The van der Waals surface area contributed by atoms with E-state index in [1.54, 1.807) is 0 Å². The van der Waals surface area contributed by atoms with Crippen LogP contribution >= 0.6 is 0 Å². The molecule has 0 heterocycles. The van der Waals surface area contributed by atoms with Crippen LogP contribution in [0.4, 0.5) is 4.39 Å². The lowest BCUT2D eigenvalue weighted by atomic mass is 9.85. The third-order valence-corrected chi connectivity index (χ3v) is 4.48. The second kappa shape index (κ2) is 5.40. The minimum Gasteiger partial charge on any atom is -0.313 e. The lowest BCUT2D eigenvalue weighted by Crippen LogP contribution is -2.27. The number of hydrogen-bond acceptors (Lipinski definition) is 1. The minimum absolute atomic E-state index is 0.0620. The van der Waals surface area contributed by atoms with Gasteiger partial charge in [0.1, 0.15) is 5.82 Å². The average Bonchev–Trinajstić information content (AvgIpc) is 2.74. The standard InChI is InChI=1S/C16H24FN/c1-10-6-5-7-14(10)16(18-4)13-8-11(2)15(17)12(3)9-13/h8-10,14,16,18H,5-7H2,1-4H3. The summed E-state index contributed by atoms with van der Waals surface area (Å²) in [7, 11) is 2.02. The molecule has 100 valence electrons. The predicted molar refractivity (Wildman–Crippen MR) is 74.2 cm³/mol. The molecule has 2 heteroatoms. The van der Waals surface area contributed by atoms with E-state index >= 15 is 0 Å². The van der Waals surface area contributed by atoms with E-state index in [1.807, 2.05) is 33.0 Å². The van der Waals surface area contributed by atoms with Crippen LogP contribution in [0, 0.1) is 31.5 Å². The first-order chi connectivity index (χ1) is 8.54. The van der Waals surface area contributed by atoms with E-state index in [0.29, 0.717) is 12.0 Å². The lowest BCUT2D eigenvalue weighted by Gasteiger charge is -2.27. The molecule has 0 amide bonds. The van der Waals surface area contributed by atoms with Crippen molar-refractivity contribution in [1.29, 1.82) is 0 Å². The molecular formula is C16H24FN. The van der Waals surface area contributed by atoms with Gasteiger partial charge in [0.15, 0.2) is 0 Å². The second-order valence-electron chi connectivity index (χ2n) is 5.81. The monoisotopic (exact) mass is 249 g/mol. The van der Waals surface area contributed by atoms with Crippen molar-refractivity contribution in [3.05, 3.63) is 34.6 Å². The molecule has 1 aliphatic carbocycles. The summed E-state index contributed by atoms with van der Waals surface area (Å²) in [6.07, 6.45) is 3.92. The zero-order valence-corrected chi connectivity index (χ0v) is 11.9. The van der Waals surface area contributed by atoms with Crippen molar-refractivity contribution in [2.45, 2.75) is 46.1 Å². The Hall–Kier alpha value is -0.890. The predicted octanol–water partition coefficient (Wildman–Crippen LogP) is 4.14. The van der Waals surface area contributed by atoms with Crippen molar-refractivity contribution < 1.29 is 4.39 Å². The highest BCUT2D eigenvalue weighted by molar-refractivity contribution is 5.33. The maximum absolute atomic E-state index is 13.7. The van der Waals surface area contributed by atoms with Crippen molar-refractivity contribution in [2.75, 3.05) is 7.05 Å². The Morgan fingerprint density at radius 2 is 1.83 bits per heavy atom. The molecule has 0 radical (unpaired) electrons. The van der Waals surface area contributed by atoms with Crippen LogP contribution in [0.25, 0.3) is 0 Å². The fourth-order valence-electron chi connectivity index (χ4n) is 3.46. The smallest absolute Gasteiger partial charge is 0.129 e. The van der Waals surface area contributed by atoms with E-state index in [1.165, 1.54) is 24.8 Å². The Bertz CT molecular complexity index is 404. The number of halogens is 1. The second-order valence-corrected chi connectivity index (χ2v) is 5.81. The first-order valence-corrected chi connectivity index (χ1v) is 6.98. The molecule has 1 saturated carbocycles. The highest BCUT2D eigenvalue weighted by Gasteiger charge is 2.31. The zero-order valence-electron chi connectivity index (χ0n) is 11.9. The number of rotatable bonds is 3. The van der Waals surface area contributed by atoms with Gasteiger partial charge in [0.2, 0.25) is 0 Å². The summed E-state index contributed by atoms with van der Waals surface area (Å²) in [5.41, 5.74) is 2.76. The Morgan fingerprint density at radius 3 is 2.28 bits per heavy atom. The highest BCUT2D eigenvalue weighted by Crippen LogP contribution is 2.40. The van der Waals surface area contributed by atoms with Crippen molar-refractivity contribution in [3.63, 3.8) is 0 Å². The summed E-state index contributed by atoms with van der Waals surface area (Å²) in [4.78, 5) is 0. The van der Waals surface area contributed by atoms with Gasteiger partial charge in [0, 0.05) is 6.04 Å². The summed E-state index contributed by atoms with van der Waals surface area (Å²) in [5.74, 6) is 1.38. The van der Waals surface area contributed by atoms with Gasteiger partial charge in [-0.15, -0.1) is 0 Å². The molecule has 1 aromatic rings. The van der Waals surface area contributed by atoms with Gasteiger partial charge in [-0.05, 0) is 55.8 Å². The molecule has 18 heavy (non-hydrogen) atoms. The van der Waals surface area contributed by atoms with Crippen LogP contribution in [0.15, 0.2) is 12.1 Å². The maximum atomic E-state index is 13.7. The summed E-state index contributed by atoms with van der Waals surface area (Å²) in [6.45, 7) is 6.05. The highest BCUT2D eigenvalue weighted by atomic mass is 19.1. The zero-order chi connectivity index (χ0) is 13.3. The largest absolute Gasteiger partial charge is 0.313 e. The summed E-state index contributed by atoms with van der Waals surface area (Å²) in [5, 5.41) is 3.44. The molecule has 1 nitrogen and oxygen atoms in total. The van der Waals surface area contributed by atoms with Gasteiger partial charge < -0.3 is 5.32 Å². The summed E-state index contributed by atoms with van der Waals surface area (Å²) in [6, 6.07) is 4.38. The van der Waals surface area contributed by atoms with Gasteiger partial charge in [0.05, 0.1) is 0 Å². The van der Waals surface area contributed by atoms with Crippen LogP contribution in [0.5, 0.6) is 0 Å². The SMILES string of the molecule is CNC(c1cc(C)c(F)c(C)c1)C1CCCC1C. The van der Waals surface area contributed by atoms with Gasteiger partial charge in [0.25, 0.3) is 0 Å². The van der Waals surface area contributed by atoms with Crippen molar-refractivity contribution in [1.82, 2.24) is 5.32 Å². The van der Waals surface area contributed by atoms with E-state index in [-0.39, 0.29) is 5.82 Å². The maximum Gasteiger partial charge on any atom is 0.129 e. The number of nitrogens with one attached hydrogen (secondary N) is 1. The van der Waals surface area contributed by atoms with Crippen LogP contribution in [-0.4, -0.2) is 7.05 Å². The van der Waals surface area contributed by atoms with E-state index in [2.05, 4.69) is 12.2 Å². The molecule has 3 atom stereocenters. The quantitative estimate of drug-likeness (QED) is 0.849. The normalized spacial score (nSPS) is 25.4. The Balaban J connectivity index is 2.33. The Kier molecular flexibility index (Phi) is 4.06. The lowest BCUT2D eigenvalue weighted by molar-refractivity contribution is 0.315. The van der Waals surface area contributed by atoms with Gasteiger partial charge >= 0.3 is 0 Å². The molecule has 1 N–H and O–H groups in total. The molecular weight excluding hydrogens is 225 g/mol. The van der Waals surface area contributed by atoms with E-state index < -0.39 is 0 Å². The van der Waals surface area contributed by atoms with Gasteiger partial charge in [-0.3, -0.25) is 0 Å². The van der Waals surface area contributed by atoms with Crippen molar-refractivity contribution in [3.8, 4) is 0 Å². The molecule has 0 saturated heterocycles. The third-order valence-electron chi connectivity index (χ3n) is 4.48. The van der Waals surface area contributed by atoms with Gasteiger partial charge in [-0.2, -0.15) is 0 Å². The molecule has 1 aromatic carbocycles. The topological polar surface area (TPSA) is 12.0 Å². The Morgan fingerprint density at radius 1 is 1.22 bits per heavy atom. The first kappa shape index (κ1) is 13.5. The van der Waals surface area contributed by atoms with Crippen molar-refractivity contribution in [2.24, 2.45) is 11.8 Å². The fraction of sp³-hybridized carbons (Fsp3) is 0.625. The fourth-order valence-corrected chi connectivity index (χ4v) is 3.46. The van der Waals surface area contributed by atoms with Crippen LogP contribution in [0.3, 0.4) is 0 Å². The molecule has 2 rings (SSSR count). The van der Waals surface area contributed by atoms with E-state index in [4.69, 9.17) is 0 Å². The van der Waals surface area contributed by atoms with E-state index in [9.17, 15) is 4.39 Å². The van der Waals surface area contributed by atoms with Gasteiger partial charge in [-0.25, -0.2) is 4.39 Å². The number of aryl methyl sites for hydroxylation is 2. The summed E-state index contributed by atoms with van der Waals surface area (Å²) < 4.78 is 13.7. The Labute approximate surface area is 110 Å². The molecule has 1 aliphatic rings. The molecule has 0 aliphatic heterocycles. The molecule has 0 spiro atoms. The number of hydrogen-bond donors (Lipinski definition) is 1. The van der Waals surface area contributed by atoms with Crippen LogP contribution in [-0.2, 0) is 0 Å².